The SMILES string of the molecule is COc1ccc(-n2c(-c3cc(OC)c(OC)c(OC)c3)csc2=O)cc1N. The number of hydrogen-bond donors (Lipinski definition) is 1. The van der Waals surface area contributed by atoms with Crippen LogP contribution in [0.25, 0.3) is 16.9 Å². The molecule has 7 nitrogen and oxygen atoms in total. The number of benzene rings is 2. The average molecular weight is 388 g/mol. The molecule has 0 aliphatic rings. The fourth-order valence-electron chi connectivity index (χ4n) is 2.84. The molecule has 142 valence electrons. The van der Waals surface area contributed by atoms with Crippen molar-refractivity contribution in [3.8, 4) is 39.9 Å². The Hall–Kier alpha value is -3.13. The number of nitrogen functional groups attached to an aromatic ring is 1. The molecular formula is C19H20N2O5S. The van der Waals surface area contributed by atoms with Gasteiger partial charge in [-0.15, -0.1) is 0 Å². The first-order valence-electron chi connectivity index (χ1n) is 7.98. The summed E-state index contributed by atoms with van der Waals surface area (Å²) in [6.45, 7) is 0. The second kappa shape index (κ2) is 7.63. The van der Waals surface area contributed by atoms with Gasteiger partial charge in [-0.2, -0.15) is 0 Å². The Bertz CT molecular complexity index is 1000. The molecule has 2 N–H and O–H groups in total. The normalized spacial score (nSPS) is 10.5. The van der Waals surface area contributed by atoms with Gasteiger partial charge in [-0.1, -0.05) is 11.3 Å². The quantitative estimate of drug-likeness (QED) is 0.653. The van der Waals surface area contributed by atoms with E-state index in [4.69, 9.17) is 24.7 Å². The maximum Gasteiger partial charge on any atom is 0.312 e. The van der Waals surface area contributed by atoms with E-state index in [2.05, 4.69) is 0 Å². The summed E-state index contributed by atoms with van der Waals surface area (Å²) in [6, 6.07) is 8.81. The van der Waals surface area contributed by atoms with E-state index in [9.17, 15) is 4.79 Å². The summed E-state index contributed by atoms with van der Waals surface area (Å²) in [7, 11) is 6.18. The molecule has 0 unspecified atom stereocenters. The minimum atomic E-state index is -0.136. The molecule has 3 rings (SSSR count). The Kier molecular flexibility index (Phi) is 5.27. The van der Waals surface area contributed by atoms with E-state index in [0.29, 0.717) is 40.1 Å². The molecule has 0 amide bonds. The Morgan fingerprint density at radius 1 is 0.889 bits per heavy atom. The highest BCUT2D eigenvalue weighted by atomic mass is 32.1. The van der Waals surface area contributed by atoms with E-state index in [1.54, 1.807) is 68.7 Å². The molecule has 2 aromatic carbocycles. The lowest BCUT2D eigenvalue weighted by atomic mass is 10.1. The van der Waals surface area contributed by atoms with Gasteiger partial charge in [-0.3, -0.25) is 9.36 Å². The molecule has 0 atom stereocenters. The van der Waals surface area contributed by atoms with Crippen LogP contribution < -0.4 is 29.6 Å². The number of nitrogens with two attached hydrogens (primary N) is 1. The molecule has 0 aliphatic heterocycles. The largest absolute Gasteiger partial charge is 0.495 e. The zero-order valence-electron chi connectivity index (χ0n) is 15.4. The van der Waals surface area contributed by atoms with E-state index < -0.39 is 0 Å². The van der Waals surface area contributed by atoms with Crippen LogP contribution in [0, 0.1) is 0 Å². The van der Waals surface area contributed by atoms with Crippen molar-refractivity contribution in [2.75, 3.05) is 34.2 Å². The van der Waals surface area contributed by atoms with Crippen LogP contribution in [0.15, 0.2) is 40.5 Å². The fraction of sp³-hybridized carbons (Fsp3) is 0.211. The number of ether oxygens (including phenoxy) is 4. The second-order valence-corrected chi connectivity index (χ2v) is 6.38. The van der Waals surface area contributed by atoms with Crippen molar-refractivity contribution in [1.29, 1.82) is 0 Å². The van der Waals surface area contributed by atoms with Gasteiger partial charge in [0.15, 0.2) is 11.5 Å². The summed E-state index contributed by atoms with van der Waals surface area (Å²) in [5.74, 6) is 2.05. The van der Waals surface area contributed by atoms with Gasteiger partial charge in [0.2, 0.25) is 5.75 Å². The van der Waals surface area contributed by atoms with Gasteiger partial charge in [0.05, 0.1) is 45.5 Å². The number of nitrogens with zero attached hydrogens (tertiary/aromatic N) is 1. The Morgan fingerprint density at radius 3 is 2.04 bits per heavy atom. The van der Waals surface area contributed by atoms with Crippen LogP contribution in [0.5, 0.6) is 23.0 Å². The molecular weight excluding hydrogens is 368 g/mol. The molecule has 1 aromatic heterocycles. The summed E-state index contributed by atoms with van der Waals surface area (Å²) in [4.78, 5) is 12.4. The molecule has 0 spiro atoms. The predicted molar refractivity (Wildman–Crippen MR) is 106 cm³/mol. The topological polar surface area (TPSA) is 84.9 Å². The molecule has 1 heterocycles. The van der Waals surface area contributed by atoms with Crippen molar-refractivity contribution in [2.24, 2.45) is 0 Å². The molecule has 0 fully saturated rings. The first kappa shape index (κ1) is 18.7. The van der Waals surface area contributed by atoms with Gasteiger partial charge >= 0.3 is 4.87 Å². The molecule has 0 bridgehead atoms. The summed E-state index contributed by atoms with van der Waals surface area (Å²) in [6.07, 6.45) is 0. The first-order chi connectivity index (χ1) is 13.0. The highest BCUT2D eigenvalue weighted by Gasteiger charge is 2.18. The molecule has 0 aliphatic carbocycles. The average Bonchev–Trinajstić information content (AvgIpc) is 3.08. The molecule has 0 radical (unpaired) electrons. The van der Waals surface area contributed by atoms with Gasteiger partial charge in [0.1, 0.15) is 5.75 Å². The van der Waals surface area contributed by atoms with E-state index in [1.165, 1.54) is 0 Å². The number of methoxy groups -OCH3 is 4. The summed E-state index contributed by atoms with van der Waals surface area (Å²) in [5.41, 5.74) is 8.54. The monoisotopic (exact) mass is 388 g/mol. The Morgan fingerprint density at radius 2 is 1.52 bits per heavy atom. The maximum absolute atomic E-state index is 12.5. The number of anilines is 1. The molecule has 0 saturated heterocycles. The predicted octanol–water partition coefficient (Wildman–Crippen LogP) is 3.18. The minimum absolute atomic E-state index is 0.136. The minimum Gasteiger partial charge on any atom is -0.495 e. The van der Waals surface area contributed by atoms with Crippen LogP contribution in [0.4, 0.5) is 5.69 Å². The van der Waals surface area contributed by atoms with Gasteiger partial charge < -0.3 is 24.7 Å². The highest BCUT2D eigenvalue weighted by Crippen LogP contribution is 2.41. The van der Waals surface area contributed by atoms with E-state index in [0.717, 1.165) is 16.9 Å². The lowest BCUT2D eigenvalue weighted by Gasteiger charge is -2.15. The van der Waals surface area contributed by atoms with Crippen LogP contribution in [-0.2, 0) is 0 Å². The summed E-state index contributed by atoms with van der Waals surface area (Å²) < 4.78 is 23.0. The standard InChI is InChI=1S/C19H20N2O5S/c1-23-15-6-5-12(9-13(15)20)21-14(10-27-19(21)22)11-7-16(24-2)18(26-4)17(8-11)25-3/h5-10H,20H2,1-4H3. The number of thiazole rings is 1. The molecule has 0 saturated carbocycles. The molecule has 8 heteroatoms. The van der Waals surface area contributed by atoms with E-state index >= 15 is 0 Å². The molecule has 27 heavy (non-hydrogen) atoms. The fourth-order valence-corrected chi connectivity index (χ4v) is 3.60. The molecule has 3 aromatic rings. The smallest absolute Gasteiger partial charge is 0.312 e. The Balaban J connectivity index is 2.21. The van der Waals surface area contributed by atoms with Crippen LogP contribution in [-0.4, -0.2) is 33.0 Å². The number of rotatable bonds is 6. The van der Waals surface area contributed by atoms with Gasteiger partial charge in [-0.05, 0) is 30.3 Å². The second-order valence-electron chi connectivity index (χ2n) is 5.56. The van der Waals surface area contributed by atoms with Crippen molar-refractivity contribution in [3.63, 3.8) is 0 Å². The van der Waals surface area contributed by atoms with Crippen molar-refractivity contribution in [3.05, 3.63) is 45.4 Å². The third kappa shape index (κ3) is 3.31. The van der Waals surface area contributed by atoms with Gasteiger partial charge in [0.25, 0.3) is 0 Å². The van der Waals surface area contributed by atoms with Crippen LogP contribution >= 0.6 is 11.3 Å². The third-order valence-electron chi connectivity index (χ3n) is 4.13. The van der Waals surface area contributed by atoms with Gasteiger partial charge in [-0.25, -0.2) is 0 Å². The lowest BCUT2D eigenvalue weighted by molar-refractivity contribution is 0.324. The van der Waals surface area contributed by atoms with Crippen molar-refractivity contribution >= 4 is 17.0 Å². The third-order valence-corrected chi connectivity index (χ3v) is 4.85. The number of aromatic nitrogens is 1. The van der Waals surface area contributed by atoms with Gasteiger partial charge in [0, 0.05) is 10.9 Å². The lowest BCUT2D eigenvalue weighted by Crippen LogP contribution is -2.12. The summed E-state index contributed by atoms with van der Waals surface area (Å²) >= 11 is 1.10. The van der Waals surface area contributed by atoms with E-state index in [-0.39, 0.29) is 4.87 Å². The van der Waals surface area contributed by atoms with Crippen molar-refractivity contribution in [2.45, 2.75) is 0 Å². The zero-order chi connectivity index (χ0) is 19.6. The Labute approximate surface area is 160 Å². The van der Waals surface area contributed by atoms with Crippen molar-refractivity contribution in [1.82, 2.24) is 4.57 Å². The van der Waals surface area contributed by atoms with E-state index in [1.807, 2.05) is 0 Å². The van der Waals surface area contributed by atoms with Crippen LogP contribution in [0.1, 0.15) is 0 Å². The van der Waals surface area contributed by atoms with Crippen molar-refractivity contribution < 1.29 is 18.9 Å². The first-order valence-corrected chi connectivity index (χ1v) is 8.86. The van der Waals surface area contributed by atoms with Crippen LogP contribution in [0.3, 0.4) is 0 Å². The number of hydrogen-bond acceptors (Lipinski definition) is 7. The zero-order valence-corrected chi connectivity index (χ0v) is 16.3. The maximum atomic E-state index is 12.5. The van der Waals surface area contributed by atoms with Crippen LogP contribution in [0.2, 0.25) is 0 Å². The summed E-state index contributed by atoms with van der Waals surface area (Å²) in [5, 5.41) is 1.78. The highest BCUT2D eigenvalue weighted by molar-refractivity contribution is 7.07.